The van der Waals surface area contributed by atoms with E-state index in [1.807, 2.05) is 26.0 Å². The first-order chi connectivity index (χ1) is 9.70. The molecule has 2 aromatic rings. The summed E-state index contributed by atoms with van der Waals surface area (Å²) in [6, 6.07) is 6.14. The van der Waals surface area contributed by atoms with E-state index in [9.17, 15) is 0 Å². The molecule has 0 bridgehead atoms. The van der Waals surface area contributed by atoms with E-state index in [-0.39, 0.29) is 6.04 Å². The Labute approximate surface area is 123 Å². The smallest absolute Gasteiger partial charge is 0.123 e. The third-order valence-electron chi connectivity index (χ3n) is 2.83. The van der Waals surface area contributed by atoms with Crippen LogP contribution in [0, 0.1) is 0 Å². The zero-order chi connectivity index (χ0) is 14.4. The monoisotopic (exact) mass is 289 g/mol. The molecule has 106 valence electrons. The van der Waals surface area contributed by atoms with Crippen LogP contribution in [-0.2, 0) is 5.75 Å². The summed E-state index contributed by atoms with van der Waals surface area (Å²) in [4.78, 5) is 8.33. The van der Waals surface area contributed by atoms with Gasteiger partial charge in [-0.15, -0.1) is 0 Å². The molecule has 2 rings (SSSR count). The van der Waals surface area contributed by atoms with Gasteiger partial charge in [-0.2, -0.15) is 0 Å². The molecule has 0 aliphatic rings. The number of aromatic nitrogens is 2. The lowest BCUT2D eigenvalue weighted by Crippen LogP contribution is -2.06. The van der Waals surface area contributed by atoms with Crippen LogP contribution in [0.25, 0.3) is 0 Å². The summed E-state index contributed by atoms with van der Waals surface area (Å²) in [5.41, 5.74) is 8.19. The van der Waals surface area contributed by atoms with Crippen molar-refractivity contribution in [2.24, 2.45) is 5.73 Å². The van der Waals surface area contributed by atoms with E-state index in [1.54, 1.807) is 30.4 Å². The first-order valence-electron chi connectivity index (χ1n) is 6.60. The van der Waals surface area contributed by atoms with Gasteiger partial charge in [-0.1, -0.05) is 17.8 Å². The van der Waals surface area contributed by atoms with Crippen molar-refractivity contribution in [2.45, 2.75) is 30.7 Å². The van der Waals surface area contributed by atoms with Crippen LogP contribution in [0.3, 0.4) is 0 Å². The quantitative estimate of drug-likeness (QED) is 0.828. The Hall–Kier alpha value is -1.59. The minimum atomic E-state index is 0.0194. The number of thioether (sulfide) groups is 1. The Morgan fingerprint density at radius 1 is 1.35 bits per heavy atom. The summed E-state index contributed by atoms with van der Waals surface area (Å²) in [5.74, 6) is 1.70. The van der Waals surface area contributed by atoms with Gasteiger partial charge in [0.05, 0.1) is 12.8 Å². The molecule has 1 unspecified atom stereocenters. The third kappa shape index (κ3) is 3.95. The molecule has 0 saturated heterocycles. The van der Waals surface area contributed by atoms with Crippen LogP contribution < -0.4 is 10.5 Å². The number of hydrogen-bond donors (Lipinski definition) is 1. The molecule has 1 aromatic heterocycles. The summed E-state index contributed by atoms with van der Waals surface area (Å²) in [6.07, 6.45) is 5.14. The van der Waals surface area contributed by atoms with Crippen molar-refractivity contribution in [3.8, 4) is 5.75 Å². The Bertz CT molecular complexity index is 546. The van der Waals surface area contributed by atoms with Crippen LogP contribution in [-0.4, -0.2) is 16.6 Å². The number of benzene rings is 1. The van der Waals surface area contributed by atoms with E-state index in [2.05, 4.69) is 16.0 Å². The molecule has 0 aliphatic carbocycles. The van der Waals surface area contributed by atoms with Gasteiger partial charge >= 0.3 is 0 Å². The van der Waals surface area contributed by atoms with Crippen LogP contribution >= 0.6 is 11.8 Å². The van der Waals surface area contributed by atoms with Crippen molar-refractivity contribution in [2.75, 3.05) is 6.61 Å². The number of nitrogens with zero attached hydrogens (tertiary/aromatic N) is 2. The molecule has 1 aromatic carbocycles. The molecule has 4 nitrogen and oxygen atoms in total. The number of ether oxygens (including phenoxy) is 1. The Kier molecular flexibility index (Phi) is 5.38. The molecular formula is C15H19N3OS. The second-order valence-electron chi connectivity index (χ2n) is 4.42. The van der Waals surface area contributed by atoms with Crippen LogP contribution in [0.1, 0.15) is 31.0 Å². The fraction of sp³-hybridized carbons (Fsp3) is 0.333. The number of nitrogens with two attached hydrogens (primary N) is 1. The van der Waals surface area contributed by atoms with Crippen molar-refractivity contribution in [1.29, 1.82) is 0 Å². The summed E-state index contributed by atoms with van der Waals surface area (Å²) < 4.78 is 5.67. The van der Waals surface area contributed by atoms with E-state index in [4.69, 9.17) is 10.5 Å². The molecule has 0 amide bonds. The van der Waals surface area contributed by atoms with Gasteiger partial charge in [-0.05, 0) is 31.5 Å². The zero-order valence-corrected chi connectivity index (χ0v) is 12.6. The van der Waals surface area contributed by atoms with E-state index < -0.39 is 0 Å². The maximum absolute atomic E-state index is 5.94. The van der Waals surface area contributed by atoms with E-state index in [0.717, 1.165) is 27.7 Å². The molecule has 0 radical (unpaired) electrons. The molecule has 0 fully saturated rings. The predicted octanol–water partition coefficient (Wildman–Crippen LogP) is 3.19. The molecule has 2 N–H and O–H groups in total. The van der Waals surface area contributed by atoms with Crippen molar-refractivity contribution in [1.82, 2.24) is 9.97 Å². The van der Waals surface area contributed by atoms with Gasteiger partial charge in [0.15, 0.2) is 0 Å². The molecular weight excluding hydrogens is 270 g/mol. The number of rotatable bonds is 6. The Morgan fingerprint density at radius 2 is 2.20 bits per heavy atom. The highest BCUT2D eigenvalue weighted by atomic mass is 32.2. The topological polar surface area (TPSA) is 61.0 Å². The van der Waals surface area contributed by atoms with Crippen molar-refractivity contribution in [3.05, 3.63) is 47.9 Å². The summed E-state index contributed by atoms with van der Waals surface area (Å²) >= 11 is 1.64. The lowest BCUT2D eigenvalue weighted by molar-refractivity contribution is 0.337. The largest absolute Gasteiger partial charge is 0.494 e. The Morgan fingerprint density at radius 3 is 2.85 bits per heavy atom. The molecule has 0 saturated carbocycles. The molecule has 0 aliphatic heterocycles. The maximum atomic E-state index is 5.94. The summed E-state index contributed by atoms with van der Waals surface area (Å²) in [7, 11) is 0. The standard InChI is InChI=1S/C15H19N3OS/c1-3-19-14-5-4-12(11(2)16)8-13(14)10-20-15-9-17-6-7-18-15/h4-9,11H,3,10,16H2,1-2H3. The van der Waals surface area contributed by atoms with Crippen molar-refractivity contribution in [3.63, 3.8) is 0 Å². The second kappa shape index (κ2) is 7.26. The van der Waals surface area contributed by atoms with Gasteiger partial charge in [0.25, 0.3) is 0 Å². The van der Waals surface area contributed by atoms with E-state index in [0.29, 0.717) is 6.61 Å². The fourth-order valence-electron chi connectivity index (χ4n) is 1.80. The van der Waals surface area contributed by atoms with Gasteiger partial charge in [-0.3, -0.25) is 4.98 Å². The average molecular weight is 289 g/mol. The highest BCUT2D eigenvalue weighted by Gasteiger charge is 2.08. The van der Waals surface area contributed by atoms with Crippen LogP contribution in [0.15, 0.2) is 41.8 Å². The average Bonchev–Trinajstić information content (AvgIpc) is 2.47. The van der Waals surface area contributed by atoms with E-state index >= 15 is 0 Å². The predicted molar refractivity (Wildman–Crippen MR) is 81.8 cm³/mol. The molecule has 5 heteroatoms. The normalized spacial score (nSPS) is 12.2. The van der Waals surface area contributed by atoms with Gasteiger partial charge in [0.2, 0.25) is 0 Å². The van der Waals surface area contributed by atoms with Crippen LogP contribution in [0.4, 0.5) is 0 Å². The van der Waals surface area contributed by atoms with Gasteiger partial charge in [0, 0.05) is 29.8 Å². The van der Waals surface area contributed by atoms with Crippen molar-refractivity contribution >= 4 is 11.8 Å². The van der Waals surface area contributed by atoms with Gasteiger partial charge in [-0.25, -0.2) is 4.98 Å². The first-order valence-corrected chi connectivity index (χ1v) is 7.59. The summed E-state index contributed by atoms with van der Waals surface area (Å²) in [5, 5.41) is 0.904. The first kappa shape index (κ1) is 14.8. The zero-order valence-electron chi connectivity index (χ0n) is 11.7. The van der Waals surface area contributed by atoms with Crippen LogP contribution in [0.2, 0.25) is 0 Å². The summed E-state index contributed by atoms with van der Waals surface area (Å²) in [6.45, 7) is 4.62. The Balaban J connectivity index is 2.16. The highest BCUT2D eigenvalue weighted by Crippen LogP contribution is 2.29. The minimum Gasteiger partial charge on any atom is -0.494 e. The van der Waals surface area contributed by atoms with Crippen LogP contribution in [0.5, 0.6) is 5.75 Å². The lowest BCUT2D eigenvalue weighted by atomic mass is 10.1. The van der Waals surface area contributed by atoms with E-state index in [1.165, 1.54) is 0 Å². The third-order valence-corrected chi connectivity index (χ3v) is 3.79. The second-order valence-corrected chi connectivity index (χ2v) is 5.42. The van der Waals surface area contributed by atoms with Gasteiger partial charge < -0.3 is 10.5 Å². The minimum absolute atomic E-state index is 0.0194. The maximum Gasteiger partial charge on any atom is 0.123 e. The lowest BCUT2D eigenvalue weighted by Gasteiger charge is -2.13. The van der Waals surface area contributed by atoms with Crippen molar-refractivity contribution < 1.29 is 4.74 Å². The molecule has 1 atom stereocenters. The fourth-order valence-corrected chi connectivity index (χ4v) is 2.60. The highest BCUT2D eigenvalue weighted by molar-refractivity contribution is 7.98. The molecule has 1 heterocycles. The molecule has 20 heavy (non-hydrogen) atoms. The molecule has 0 spiro atoms. The SMILES string of the molecule is CCOc1ccc(C(C)N)cc1CSc1cnccn1. The number of hydrogen-bond acceptors (Lipinski definition) is 5. The van der Waals surface area contributed by atoms with Gasteiger partial charge in [0.1, 0.15) is 10.8 Å².